The second-order valence-electron chi connectivity index (χ2n) is 10.8. The summed E-state index contributed by atoms with van der Waals surface area (Å²) in [6.07, 6.45) is 1.68. The highest BCUT2D eigenvalue weighted by Crippen LogP contribution is 2.33. The lowest BCUT2D eigenvalue weighted by atomic mass is 10.0. The molecule has 5 aromatic carbocycles. The summed E-state index contributed by atoms with van der Waals surface area (Å²) in [6.45, 7) is 1.79. The molecule has 1 unspecified atom stereocenters. The van der Waals surface area contributed by atoms with E-state index in [1.165, 1.54) is 23.1 Å². The van der Waals surface area contributed by atoms with Crippen LogP contribution in [0, 0.1) is 0 Å². The number of carbonyl (C=O) groups is 3. The number of halogens is 2. The lowest BCUT2D eigenvalue weighted by Gasteiger charge is -2.14. The lowest BCUT2D eigenvalue weighted by molar-refractivity contribution is -0.115. The first-order valence-corrected chi connectivity index (χ1v) is 17.6. The molecule has 0 aliphatic heterocycles. The third kappa shape index (κ3) is 8.57. The number of benzene rings is 5. The summed E-state index contributed by atoms with van der Waals surface area (Å²) in [6, 6.07) is 34.7. The number of anilines is 2. The molecule has 11 heteroatoms. The van der Waals surface area contributed by atoms with Crippen LogP contribution in [0.3, 0.4) is 0 Å². The van der Waals surface area contributed by atoms with Crippen LogP contribution in [-0.4, -0.2) is 28.0 Å². The van der Waals surface area contributed by atoms with Gasteiger partial charge in [-0.2, -0.15) is 0 Å². The maximum atomic E-state index is 13.7. The van der Waals surface area contributed by atoms with Crippen molar-refractivity contribution in [2.24, 2.45) is 0 Å². The second-order valence-corrected chi connectivity index (χ2v) is 14.0. The molecular formula is C38H28Cl2N4O3S2. The standard InChI is InChI=1S/C38H28Cl2N4O3S2/c1-23(35(45)44-38-43-34(22-48-38)31-18-17-27(39)20-32(31)40)49-29-15-8-14-28(21-29)41-37(47)33(42-36(46)25-10-3-2-4-11-25)19-26-13-7-12-24-9-5-6-16-30(24)26/h2-23H,1H3,(H,41,47)(H,42,46)(H,43,44,45)/b33-19+. The molecule has 1 aromatic heterocycles. The number of nitrogens with zero attached hydrogens (tertiary/aromatic N) is 1. The zero-order chi connectivity index (χ0) is 34.3. The maximum absolute atomic E-state index is 13.7. The van der Waals surface area contributed by atoms with Crippen molar-refractivity contribution >= 4 is 91.7 Å². The molecule has 6 aromatic rings. The highest BCUT2D eigenvalue weighted by molar-refractivity contribution is 8.00. The number of nitrogens with one attached hydrogen (secondary N) is 3. The van der Waals surface area contributed by atoms with E-state index in [0.29, 0.717) is 32.1 Å². The summed E-state index contributed by atoms with van der Waals surface area (Å²) in [5.41, 5.74) is 3.15. The van der Waals surface area contributed by atoms with E-state index < -0.39 is 17.1 Å². The van der Waals surface area contributed by atoms with Crippen LogP contribution < -0.4 is 16.0 Å². The van der Waals surface area contributed by atoms with Crippen molar-refractivity contribution in [1.82, 2.24) is 10.3 Å². The molecule has 3 N–H and O–H groups in total. The SMILES string of the molecule is CC(Sc1cccc(NC(=O)/C(=C\c2cccc3ccccc23)NC(=O)c2ccccc2)c1)C(=O)Nc1nc(-c2ccc(Cl)cc2Cl)cs1. The second kappa shape index (κ2) is 15.5. The lowest BCUT2D eigenvalue weighted by Crippen LogP contribution is -2.30. The summed E-state index contributed by atoms with van der Waals surface area (Å²) < 4.78 is 0. The molecule has 3 amide bonds. The van der Waals surface area contributed by atoms with Crippen molar-refractivity contribution in [3.63, 3.8) is 0 Å². The minimum atomic E-state index is -0.495. The molecule has 0 aliphatic carbocycles. The predicted molar refractivity (Wildman–Crippen MR) is 202 cm³/mol. The fourth-order valence-electron chi connectivity index (χ4n) is 4.94. The van der Waals surface area contributed by atoms with Gasteiger partial charge in [-0.05, 0) is 77.9 Å². The Kier molecular flexibility index (Phi) is 10.8. The van der Waals surface area contributed by atoms with Gasteiger partial charge >= 0.3 is 0 Å². The summed E-state index contributed by atoms with van der Waals surface area (Å²) in [4.78, 5) is 45.2. The number of amides is 3. The number of thioether (sulfide) groups is 1. The van der Waals surface area contributed by atoms with Crippen LogP contribution in [0.5, 0.6) is 0 Å². The summed E-state index contributed by atoms with van der Waals surface area (Å²) in [7, 11) is 0. The zero-order valence-corrected chi connectivity index (χ0v) is 29.1. The Morgan fingerprint density at radius 2 is 1.59 bits per heavy atom. The highest BCUT2D eigenvalue weighted by atomic mass is 35.5. The van der Waals surface area contributed by atoms with Crippen LogP contribution >= 0.6 is 46.3 Å². The van der Waals surface area contributed by atoms with Crippen molar-refractivity contribution in [1.29, 1.82) is 0 Å². The fourth-order valence-corrected chi connectivity index (χ4v) is 7.08. The number of rotatable bonds is 10. The largest absolute Gasteiger partial charge is 0.321 e. The number of thiazole rings is 1. The van der Waals surface area contributed by atoms with Crippen molar-refractivity contribution in [2.75, 3.05) is 10.6 Å². The number of fused-ring (bicyclic) bond motifs is 1. The van der Waals surface area contributed by atoms with E-state index >= 15 is 0 Å². The third-order valence-electron chi connectivity index (χ3n) is 7.37. The van der Waals surface area contributed by atoms with Crippen LogP contribution in [0.2, 0.25) is 10.0 Å². The monoisotopic (exact) mass is 722 g/mol. The smallest absolute Gasteiger partial charge is 0.272 e. The molecule has 1 heterocycles. The highest BCUT2D eigenvalue weighted by Gasteiger charge is 2.19. The molecule has 49 heavy (non-hydrogen) atoms. The molecule has 0 bridgehead atoms. The maximum Gasteiger partial charge on any atom is 0.272 e. The Balaban J connectivity index is 1.16. The summed E-state index contributed by atoms with van der Waals surface area (Å²) in [5, 5.41) is 13.3. The van der Waals surface area contributed by atoms with E-state index in [4.69, 9.17) is 23.2 Å². The molecular weight excluding hydrogens is 695 g/mol. The topological polar surface area (TPSA) is 100 Å². The molecule has 244 valence electrons. The van der Waals surface area contributed by atoms with Crippen molar-refractivity contribution < 1.29 is 14.4 Å². The van der Waals surface area contributed by atoms with E-state index in [-0.39, 0.29) is 11.6 Å². The Hall–Kier alpha value is -4.93. The molecule has 0 aliphatic rings. The fraction of sp³-hybridized carbons (Fsp3) is 0.0526. The average Bonchev–Trinajstić information content (AvgIpc) is 3.56. The van der Waals surface area contributed by atoms with Crippen LogP contribution in [0.1, 0.15) is 22.8 Å². The van der Waals surface area contributed by atoms with E-state index in [9.17, 15) is 14.4 Å². The molecule has 7 nitrogen and oxygen atoms in total. The molecule has 0 radical (unpaired) electrons. The number of carbonyl (C=O) groups excluding carboxylic acids is 3. The van der Waals surface area contributed by atoms with Gasteiger partial charge in [0, 0.05) is 32.1 Å². The summed E-state index contributed by atoms with van der Waals surface area (Å²) >= 11 is 15.0. The van der Waals surface area contributed by atoms with Gasteiger partial charge in [-0.15, -0.1) is 23.1 Å². The number of hydrogen-bond acceptors (Lipinski definition) is 6. The van der Waals surface area contributed by atoms with Gasteiger partial charge in [-0.1, -0.05) is 89.9 Å². The van der Waals surface area contributed by atoms with Gasteiger partial charge in [0.1, 0.15) is 5.70 Å². The van der Waals surface area contributed by atoms with Gasteiger partial charge in [0.2, 0.25) is 5.91 Å². The Bertz CT molecular complexity index is 2200. The van der Waals surface area contributed by atoms with Gasteiger partial charge in [0.25, 0.3) is 11.8 Å². The normalized spacial score (nSPS) is 11.9. The van der Waals surface area contributed by atoms with Crippen LogP contribution in [0.25, 0.3) is 28.1 Å². The Morgan fingerprint density at radius 1 is 0.837 bits per heavy atom. The molecule has 1 atom stereocenters. The van der Waals surface area contributed by atoms with Gasteiger partial charge in [-0.25, -0.2) is 4.98 Å². The van der Waals surface area contributed by atoms with Gasteiger partial charge in [-0.3, -0.25) is 14.4 Å². The Morgan fingerprint density at radius 3 is 2.41 bits per heavy atom. The summed E-state index contributed by atoms with van der Waals surface area (Å²) in [5.74, 6) is -1.13. The van der Waals surface area contributed by atoms with Gasteiger partial charge in [0.05, 0.1) is 16.0 Å². The number of hydrogen-bond donors (Lipinski definition) is 3. The first-order chi connectivity index (χ1) is 23.7. The molecule has 0 fully saturated rings. The first-order valence-electron chi connectivity index (χ1n) is 15.1. The predicted octanol–water partition coefficient (Wildman–Crippen LogP) is 9.80. The van der Waals surface area contributed by atoms with E-state index in [0.717, 1.165) is 26.8 Å². The minimum Gasteiger partial charge on any atom is -0.321 e. The molecule has 0 spiro atoms. The van der Waals surface area contributed by atoms with Crippen molar-refractivity contribution in [3.05, 3.63) is 148 Å². The van der Waals surface area contributed by atoms with Crippen LogP contribution in [0.4, 0.5) is 10.8 Å². The van der Waals surface area contributed by atoms with Crippen LogP contribution in [-0.2, 0) is 9.59 Å². The third-order valence-corrected chi connectivity index (χ3v) is 9.77. The van der Waals surface area contributed by atoms with E-state index in [1.807, 2.05) is 60.0 Å². The minimum absolute atomic E-state index is 0.0821. The van der Waals surface area contributed by atoms with Gasteiger partial charge < -0.3 is 16.0 Å². The van der Waals surface area contributed by atoms with Crippen molar-refractivity contribution in [3.8, 4) is 11.3 Å². The molecule has 0 saturated carbocycles. The average molecular weight is 724 g/mol. The molecule has 6 rings (SSSR count). The zero-order valence-electron chi connectivity index (χ0n) is 25.9. The number of aromatic nitrogens is 1. The molecule has 0 saturated heterocycles. The van der Waals surface area contributed by atoms with E-state index in [2.05, 4.69) is 20.9 Å². The quantitative estimate of drug-likeness (QED) is 0.0966. The van der Waals surface area contributed by atoms with Crippen molar-refractivity contribution in [2.45, 2.75) is 17.1 Å². The van der Waals surface area contributed by atoms with Crippen LogP contribution in [0.15, 0.2) is 131 Å². The van der Waals surface area contributed by atoms with E-state index in [1.54, 1.807) is 73.7 Å². The van der Waals surface area contributed by atoms with Gasteiger partial charge in [0.15, 0.2) is 5.13 Å². The Labute approximate surface area is 301 Å². The first kappa shape index (κ1) is 34.0.